The Morgan fingerprint density at radius 3 is 2.66 bits per heavy atom. The topological polar surface area (TPSA) is 100 Å². The van der Waals surface area contributed by atoms with Crippen LogP contribution in [0.25, 0.3) is 10.9 Å². The maximum atomic E-state index is 12.8. The lowest BCUT2D eigenvalue weighted by Gasteiger charge is -2.16. The van der Waals surface area contributed by atoms with Crippen LogP contribution in [0.5, 0.6) is 0 Å². The van der Waals surface area contributed by atoms with E-state index in [1.54, 1.807) is 12.3 Å². The summed E-state index contributed by atoms with van der Waals surface area (Å²) in [7, 11) is -4.21. The van der Waals surface area contributed by atoms with Crippen LogP contribution in [-0.4, -0.2) is 40.2 Å². The number of alkyl halides is 3. The monoisotopic (exact) mass is 467 g/mol. The summed E-state index contributed by atoms with van der Waals surface area (Å²) in [6.07, 6.45) is 1.04. The molecule has 170 valence electrons. The van der Waals surface area contributed by atoms with E-state index < -0.39 is 22.7 Å². The number of aromatic amines is 1. The predicted octanol–water partition coefficient (Wildman–Crippen LogP) is 3.65. The fraction of sp³-hybridized carbons (Fsp3) is 0.400. The number of hydrogen-bond acceptors (Lipinski definition) is 5. The molecule has 2 aromatic heterocycles. The van der Waals surface area contributed by atoms with Gasteiger partial charge in [-0.3, -0.25) is 9.48 Å². The maximum Gasteiger partial charge on any atom is 0.402 e. The number of nitrogens with zero attached hydrogens (tertiary/aromatic N) is 3. The predicted molar refractivity (Wildman–Crippen MR) is 111 cm³/mol. The summed E-state index contributed by atoms with van der Waals surface area (Å²) >= 11 is 0. The van der Waals surface area contributed by atoms with Crippen LogP contribution in [0.2, 0.25) is 0 Å². The zero-order chi connectivity index (χ0) is 22.7. The number of sulfonamides is 1. The third-order valence-electron chi connectivity index (χ3n) is 5.94. The number of H-pyrrole nitrogens is 1. The Balaban J connectivity index is 1.50. The van der Waals surface area contributed by atoms with Crippen LogP contribution in [0.1, 0.15) is 37.3 Å². The normalized spacial score (nSPS) is 19.0. The van der Waals surface area contributed by atoms with E-state index in [1.165, 1.54) is 18.2 Å². The van der Waals surface area contributed by atoms with Crippen molar-refractivity contribution in [3.63, 3.8) is 0 Å². The Morgan fingerprint density at radius 2 is 1.94 bits per heavy atom. The second kappa shape index (κ2) is 7.34. The number of benzene rings is 1. The van der Waals surface area contributed by atoms with Gasteiger partial charge in [0.1, 0.15) is 11.9 Å². The van der Waals surface area contributed by atoms with E-state index in [0.29, 0.717) is 26.7 Å². The first-order valence-corrected chi connectivity index (χ1v) is 11.6. The molecule has 1 aromatic carbocycles. The number of hydrogen-bond donors (Lipinski definition) is 2. The summed E-state index contributed by atoms with van der Waals surface area (Å²) < 4.78 is 65.5. The van der Waals surface area contributed by atoms with Crippen molar-refractivity contribution < 1.29 is 21.6 Å². The van der Waals surface area contributed by atoms with Crippen molar-refractivity contribution in [2.24, 2.45) is 0 Å². The Kier molecular flexibility index (Phi) is 4.82. The summed E-state index contributed by atoms with van der Waals surface area (Å²) in [6, 6.07) is 6.21. The standard InChI is InChI=1S/C20H20F3N5O3S/c21-20(22,23)11-27-10-12-9-13(5-6-16(12)32(27,30)31)25-18-17-15(7-8-24-19(17)29)28(26-18)14-3-1-2-4-14/h5-9,14H,1-4,10-11H2,(H,24,29)(H,25,26). The second-order valence-corrected chi connectivity index (χ2v) is 10.0. The van der Waals surface area contributed by atoms with Gasteiger partial charge in [0.05, 0.1) is 16.5 Å². The molecule has 0 spiro atoms. The van der Waals surface area contributed by atoms with Crippen LogP contribution >= 0.6 is 0 Å². The van der Waals surface area contributed by atoms with E-state index in [0.717, 1.165) is 25.7 Å². The molecular formula is C20H20F3N5O3S. The van der Waals surface area contributed by atoms with Gasteiger partial charge in [-0.2, -0.15) is 22.6 Å². The van der Waals surface area contributed by atoms with E-state index >= 15 is 0 Å². The average Bonchev–Trinajstić information content (AvgIpc) is 3.40. The van der Waals surface area contributed by atoms with E-state index in [1.807, 2.05) is 4.68 Å². The van der Waals surface area contributed by atoms with Crippen LogP contribution in [0.3, 0.4) is 0 Å². The number of anilines is 2. The van der Waals surface area contributed by atoms with Crippen molar-refractivity contribution in [3.8, 4) is 0 Å². The molecule has 12 heteroatoms. The summed E-state index contributed by atoms with van der Waals surface area (Å²) in [6.45, 7) is -1.91. The second-order valence-electron chi connectivity index (χ2n) is 8.13. The van der Waals surface area contributed by atoms with E-state index in [4.69, 9.17) is 0 Å². The minimum Gasteiger partial charge on any atom is -0.338 e. The van der Waals surface area contributed by atoms with Crippen molar-refractivity contribution in [1.82, 2.24) is 19.1 Å². The fourth-order valence-electron chi connectivity index (χ4n) is 4.54. The molecule has 0 amide bonds. The Hall–Kier alpha value is -2.86. The van der Waals surface area contributed by atoms with Gasteiger partial charge in [0.25, 0.3) is 5.56 Å². The lowest BCUT2D eigenvalue weighted by atomic mass is 10.2. The van der Waals surface area contributed by atoms with Gasteiger partial charge in [-0.15, -0.1) is 0 Å². The molecule has 1 aliphatic carbocycles. The minimum atomic E-state index is -4.64. The van der Waals surface area contributed by atoms with E-state index in [9.17, 15) is 26.4 Å². The van der Waals surface area contributed by atoms with Crippen molar-refractivity contribution in [2.45, 2.75) is 49.3 Å². The van der Waals surface area contributed by atoms with E-state index in [-0.39, 0.29) is 28.6 Å². The van der Waals surface area contributed by atoms with Gasteiger partial charge in [0.2, 0.25) is 10.0 Å². The Labute approximate surface area is 181 Å². The summed E-state index contributed by atoms with van der Waals surface area (Å²) in [5, 5.41) is 8.07. The Morgan fingerprint density at radius 1 is 1.19 bits per heavy atom. The van der Waals surface area contributed by atoms with Gasteiger partial charge in [-0.1, -0.05) is 12.8 Å². The number of nitrogens with one attached hydrogen (secondary N) is 2. The van der Waals surface area contributed by atoms with Gasteiger partial charge in [0, 0.05) is 18.4 Å². The minimum absolute atomic E-state index is 0.147. The molecule has 2 aliphatic rings. The molecule has 2 N–H and O–H groups in total. The zero-order valence-corrected chi connectivity index (χ0v) is 17.6. The summed E-state index contributed by atoms with van der Waals surface area (Å²) in [5.74, 6) is 0.321. The highest BCUT2D eigenvalue weighted by molar-refractivity contribution is 7.89. The molecule has 3 aromatic rings. The smallest absolute Gasteiger partial charge is 0.338 e. The van der Waals surface area contributed by atoms with Gasteiger partial charge in [-0.25, -0.2) is 8.42 Å². The molecule has 1 fully saturated rings. The van der Waals surface area contributed by atoms with E-state index in [2.05, 4.69) is 15.4 Å². The number of fused-ring (bicyclic) bond motifs is 2. The van der Waals surface area contributed by atoms with Gasteiger partial charge < -0.3 is 10.3 Å². The number of rotatable bonds is 4. The largest absolute Gasteiger partial charge is 0.402 e. The highest BCUT2D eigenvalue weighted by Gasteiger charge is 2.42. The van der Waals surface area contributed by atoms with Crippen molar-refractivity contribution in [1.29, 1.82) is 0 Å². The average molecular weight is 467 g/mol. The molecule has 0 radical (unpaired) electrons. The maximum absolute atomic E-state index is 12.8. The summed E-state index contributed by atoms with van der Waals surface area (Å²) in [5.41, 5.74) is 1.08. The first-order chi connectivity index (χ1) is 15.1. The van der Waals surface area contributed by atoms with Gasteiger partial charge in [-0.05, 0) is 42.7 Å². The van der Waals surface area contributed by atoms with Crippen LogP contribution in [0.15, 0.2) is 40.2 Å². The first-order valence-electron chi connectivity index (χ1n) is 10.2. The fourth-order valence-corrected chi connectivity index (χ4v) is 6.14. The molecule has 0 unspecified atom stereocenters. The third-order valence-corrected chi connectivity index (χ3v) is 7.84. The van der Waals surface area contributed by atoms with Crippen LogP contribution < -0.4 is 10.9 Å². The molecule has 0 atom stereocenters. The highest BCUT2D eigenvalue weighted by atomic mass is 32.2. The lowest BCUT2D eigenvalue weighted by Crippen LogP contribution is -2.34. The van der Waals surface area contributed by atoms with Crippen LogP contribution in [0, 0.1) is 0 Å². The molecule has 1 aliphatic heterocycles. The molecule has 1 saturated carbocycles. The first kappa shape index (κ1) is 21.0. The number of pyridine rings is 1. The molecular weight excluding hydrogens is 447 g/mol. The summed E-state index contributed by atoms with van der Waals surface area (Å²) in [4.78, 5) is 15.0. The highest BCUT2D eigenvalue weighted by Crippen LogP contribution is 2.36. The quantitative estimate of drug-likeness (QED) is 0.610. The zero-order valence-electron chi connectivity index (χ0n) is 16.8. The Bertz CT molecular complexity index is 1360. The molecule has 8 nitrogen and oxygen atoms in total. The van der Waals surface area contributed by atoms with Crippen molar-refractivity contribution >= 4 is 32.4 Å². The third kappa shape index (κ3) is 3.56. The number of aromatic nitrogens is 3. The lowest BCUT2D eigenvalue weighted by molar-refractivity contribution is -0.136. The molecule has 3 heterocycles. The molecule has 0 saturated heterocycles. The molecule has 5 rings (SSSR count). The van der Waals surface area contributed by atoms with Crippen LogP contribution in [-0.2, 0) is 16.6 Å². The van der Waals surface area contributed by atoms with Crippen LogP contribution in [0.4, 0.5) is 24.7 Å². The van der Waals surface area contributed by atoms with Crippen molar-refractivity contribution in [3.05, 3.63) is 46.4 Å². The van der Waals surface area contributed by atoms with Crippen molar-refractivity contribution in [2.75, 3.05) is 11.9 Å². The van der Waals surface area contributed by atoms with Gasteiger partial charge in [0.15, 0.2) is 5.82 Å². The molecule has 0 bridgehead atoms. The van der Waals surface area contributed by atoms with Gasteiger partial charge >= 0.3 is 6.18 Å². The molecule has 32 heavy (non-hydrogen) atoms. The number of halogens is 3. The SMILES string of the molecule is O=c1[nH]ccc2c1c(Nc1ccc3c(c1)CN(CC(F)(F)F)S3(=O)=O)nn2C1CCCC1.